The standard InChI is InChI=1S/C23H30N2O3S/c1-17(2)29(26,27)24-23-14-21-7-6-20(13-22(21)15-23)19-5-3-4-18(12-19)16-25-8-10-28-11-9-25/h3-7,12-13,17,23-24H,8-11,14-16H2,1-2H3/t23-/m0/s1. The molecule has 1 aliphatic heterocycles. The number of hydrogen-bond donors (Lipinski definition) is 1. The minimum atomic E-state index is -3.24. The van der Waals surface area contributed by atoms with E-state index in [4.69, 9.17) is 4.74 Å². The van der Waals surface area contributed by atoms with Gasteiger partial charge in [0.25, 0.3) is 0 Å². The summed E-state index contributed by atoms with van der Waals surface area (Å²) in [5.74, 6) is 0. The van der Waals surface area contributed by atoms with Crippen molar-refractivity contribution in [1.82, 2.24) is 9.62 Å². The number of rotatable bonds is 6. The Morgan fingerprint density at radius 2 is 1.76 bits per heavy atom. The normalized spacial score (nSPS) is 20.2. The lowest BCUT2D eigenvalue weighted by Gasteiger charge is -2.26. The Morgan fingerprint density at radius 3 is 2.52 bits per heavy atom. The van der Waals surface area contributed by atoms with Gasteiger partial charge in [-0.25, -0.2) is 13.1 Å². The molecule has 5 nitrogen and oxygen atoms in total. The second kappa shape index (κ2) is 8.56. The third-order valence-corrected chi connectivity index (χ3v) is 7.76. The van der Waals surface area contributed by atoms with E-state index in [1.807, 2.05) is 0 Å². The van der Waals surface area contributed by atoms with Gasteiger partial charge in [0.1, 0.15) is 0 Å². The smallest absolute Gasteiger partial charge is 0.214 e. The molecule has 1 aliphatic carbocycles. The summed E-state index contributed by atoms with van der Waals surface area (Å²) in [6.45, 7) is 7.96. The lowest BCUT2D eigenvalue weighted by Crippen LogP contribution is -2.39. The number of nitrogens with zero attached hydrogens (tertiary/aromatic N) is 1. The molecule has 6 heteroatoms. The van der Waals surface area contributed by atoms with Gasteiger partial charge in [-0.05, 0) is 60.6 Å². The number of ether oxygens (including phenoxy) is 1. The number of fused-ring (bicyclic) bond motifs is 1. The molecule has 2 aromatic rings. The lowest BCUT2D eigenvalue weighted by molar-refractivity contribution is 0.0342. The van der Waals surface area contributed by atoms with E-state index in [-0.39, 0.29) is 6.04 Å². The molecule has 156 valence electrons. The third-order valence-electron chi connectivity index (χ3n) is 5.86. The Kier molecular flexibility index (Phi) is 6.06. The average molecular weight is 415 g/mol. The fourth-order valence-corrected chi connectivity index (χ4v) is 5.02. The summed E-state index contributed by atoms with van der Waals surface area (Å²) < 4.78 is 32.7. The van der Waals surface area contributed by atoms with Gasteiger partial charge in [-0.3, -0.25) is 4.90 Å². The second-order valence-corrected chi connectivity index (χ2v) is 10.7. The molecule has 1 heterocycles. The predicted octanol–water partition coefficient (Wildman–Crippen LogP) is 2.98. The maximum atomic E-state index is 12.2. The van der Waals surface area contributed by atoms with Crippen molar-refractivity contribution in [3.8, 4) is 11.1 Å². The van der Waals surface area contributed by atoms with Crippen molar-refractivity contribution in [2.24, 2.45) is 0 Å². The minimum Gasteiger partial charge on any atom is -0.379 e. The number of benzene rings is 2. The van der Waals surface area contributed by atoms with Crippen LogP contribution in [-0.2, 0) is 34.1 Å². The lowest BCUT2D eigenvalue weighted by atomic mass is 9.99. The molecule has 1 saturated heterocycles. The Morgan fingerprint density at radius 1 is 1.03 bits per heavy atom. The van der Waals surface area contributed by atoms with Crippen LogP contribution in [0.25, 0.3) is 11.1 Å². The van der Waals surface area contributed by atoms with E-state index in [2.05, 4.69) is 52.1 Å². The molecule has 2 aromatic carbocycles. The van der Waals surface area contributed by atoms with E-state index in [1.165, 1.54) is 27.8 Å². The quantitative estimate of drug-likeness (QED) is 0.790. The van der Waals surface area contributed by atoms with E-state index in [9.17, 15) is 8.42 Å². The molecule has 1 N–H and O–H groups in total. The average Bonchev–Trinajstić information content (AvgIpc) is 3.09. The SMILES string of the molecule is CC(C)S(=O)(=O)N[C@H]1Cc2ccc(-c3cccc(CN4CCOCC4)c3)cc2C1. The molecule has 0 amide bonds. The molecule has 1 fully saturated rings. The first-order valence-corrected chi connectivity index (χ1v) is 12.0. The van der Waals surface area contributed by atoms with E-state index in [0.29, 0.717) is 0 Å². The van der Waals surface area contributed by atoms with Gasteiger partial charge in [-0.1, -0.05) is 36.4 Å². The van der Waals surface area contributed by atoms with Gasteiger partial charge in [0.2, 0.25) is 10.0 Å². The fourth-order valence-electron chi connectivity index (χ4n) is 4.12. The Bertz CT molecular complexity index is 966. The molecule has 0 bridgehead atoms. The third kappa shape index (κ3) is 4.89. The van der Waals surface area contributed by atoms with Crippen molar-refractivity contribution in [2.75, 3.05) is 26.3 Å². The Labute approximate surface area is 174 Å². The van der Waals surface area contributed by atoms with Crippen LogP contribution < -0.4 is 4.72 Å². The summed E-state index contributed by atoms with van der Waals surface area (Å²) in [7, 11) is -3.24. The van der Waals surface area contributed by atoms with Gasteiger partial charge in [0, 0.05) is 25.7 Å². The van der Waals surface area contributed by atoms with Crippen molar-refractivity contribution in [3.63, 3.8) is 0 Å². The molecule has 4 rings (SSSR count). The fraction of sp³-hybridized carbons (Fsp3) is 0.478. The topological polar surface area (TPSA) is 58.6 Å². The van der Waals surface area contributed by atoms with Crippen LogP contribution in [0.3, 0.4) is 0 Å². The van der Waals surface area contributed by atoms with E-state index < -0.39 is 15.3 Å². The van der Waals surface area contributed by atoms with Gasteiger partial charge >= 0.3 is 0 Å². The summed E-state index contributed by atoms with van der Waals surface area (Å²) >= 11 is 0. The highest BCUT2D eigenvalue weighted by Gasteiger charge is 2.27. The number of nitrogens with one attached hydrogen (secondary N) is 1. The molecular formula is C23H30N2O3S. The van der Waals surface area contributed by atoms with Crippen LogP contribution in [0.4, 0.5) is 0 Å². The van der Waals surface area contributed by atoms with E-state index in [1.54, 1.807) is 13.8 Å². The first kappa shape index (κ1) is 20.5. The minimum absolute atomic E-state index is 0.0414. The van der Waals surface area contributed by atoms with Crippen LogP contribution in [0.2, 0.25) is 0 Å². The highest BCUT2D eigenvalue weighted by molar-refractivity contribution is 7.90. The van der Waals surface area contributed by atoms with Crippen LogP contribution in [0, 0.1) is 0 Å². The van der Waals surface area contributed by atoms with Gasteiger partial charge < -0.3 is 4.74 Å². The highest BCUT2D eigenvalue weighted by Crippen LogP contribution is 2.29. The van der Waals surface area contributed by atoms with Crippen molar-refractivity contribution in [1.29, 1.82) is 0 Å². The van der Waals surface area contributed by atoms with Crippen molar-refractivity contribution < 1.29 is 13.2 Å². The Hall–Kier alpha value is -1.73. The molecule has 0 radical (unpaired) electrons. The molecule has 0 spiro atoms. The molecule has 29 heavy (non-hydrogen) atoms. The summed E-state index contributed by atoms with van der Waals surface area (Å²) in [4.78, 5) is 2.43. The summed E-state index contributed by atoms with van der Waals surface area (Å²) in [5, 5.41) is -0.407. The highest BCUT2D eigenvalue weighted by atomic mass is 32.2. The Balaban J connectivity index is 1.48. The van der Waals surface area contributed by atoms with Crippen molar-refractivity contribution in [3.05, 3.63) is 59.2 Å². The molecular weight excluding hydrogens is 384 g/mol. The summed E-state index contributed by atoms with van der Waals surface area (Å²) in [6, 6.07) is 15.2. The number of sulfonamides is 1. The van der Waals surface area contributed by atoms with Crippen molar-refractivity contribution >= 4 is 10.0 Å². The monoisotopic (exact) mass is 414 g/mol. The zero-order valence-corrected chi connectivity index (χ0v) is 18.0. The first-order valence-electron chi connectivity index (χ1n) is 10.4. The molecule has 0 aromatic heterocycles. The first-order chi connectivity index (χ1) is 13.9. The van der Waals surface area contributed by atoms with Crippen LogP contribution in [0.5, 0.6) is 0 Å². The zero-order chi connectivity index (χ0) is 20.4. The summed E-state index contributed by atoms with van der Waals surface area (Å²) in [5.41, 5.74) is 6.21. The van der Waals surface area contributed by atoms with Gasteiger partial charge in [-0.15, -0.1) is 0 Å². The van der Waals surface area contributed by atoms with Gasteiger partial charge in [0.15, 0.2) is 0 Å². The van der Waals surface area contributed by atoms with Crippen molar-refractivity contribution in [2.45, 2.75) is 44.5 Å². The second-order valence-electron chi connectivity index (χ2n) is 8.39. The number of hydrogen-bond acceptors (Lipinski definition) is 4. The van der Waals surface area contributed by atoms with Crippen LogP contribution in [-0.4, -0.2) is 50.9 Å². The molecule has 0 saturated carbocycles. The predicted molar refractivity (Wildman–Crippen MR) is 116 cm³/mol. The van der Waals surface area contributed by atoms with E-state index in [0.717, 1.165) is 45.7 Å². The molecule has 0 unspecified atom stereocenters. The van der Waals surface area contributed by atoms with E-state index >= 15 is 0 Å². The van der Waals surface area contributed by atoms with Crippen LogP contribution >= 0.6 is 0 Å². The largest absolute Gasteiger partial charge is 0.379 e. The molecule has 1 atom stereocenters. The maximum absolute atomic E-state index is 12.2. The van der Waals surface area contributed by atoms with Crippen LogP contribution in [0.1, 0.15) is 30.5 Å². The van der Waals surface area contributed by atoms with Gasteiger partial charge in [-0.2, -0.15) is 0 Å². The van der Waals surface area contributed by atoms with Gasteiger partial charge in [0.05, 0.1) is 18.5 Å². The van der Waals surface area contributed by atoms with Crippen LogP contribution in [0.15, 0.2) is 42.5 Å². The maximum Gasteiger partial charge on any atom is 0.214 e. The molecule has 2 aliphatic rings. The number of morpholine rings is 1. The summed E-state index contributed by atoms with van der Waals surface area (Å²) in [6.07, 6.45) is 1.52. The zero-order valence-electron chi connectivity index (χ0n) is 17.2.